The molecular weight excluding hydrogens is 390 g/mol. The molecule has 1 saturated heterocycles. The molecule has 1 aromatic heterocycles. The van der Waals surface area contributed by atoms with E-state index in [0.717, 1.165) is 16.5 Å². The van der Waals surface area contributed by atoms with Crippen LogP contribution in [0.15, 0.2) is 29.3 Å². The van der Waals surface area contributed by atoms with Gasteiger partial charge in [0.15, 0.2) is 4.80 Å². The van der Waals surface area contributed by atoms with Crippen LogP contribution in [0.2, 0.25) is 0 Å². The van der Waals surface area contributed by atoms with Gasteiger partial charge in [0.05, 0.1) is 29.5 Å². The fraction of sp³-hybridized carbons (Fsp3) is 0.471. The van der Waals surface area contributed by atoms with Crippen LogP contribution in [0, 0.1) is 5.92 Å². The molecule has 1 amide bonds. The third-order valence-corrected chi connectivity index (χ3v) is 6.84. The lowest BCUT2D eigenvalue weighted by Crippen LogP contribution is -2.41. The number of fused-ring (bicyclic) bond motifs is 1. The number of piperidine rings is 1. The molecule has 0 bridgehead atoms. The van der Waals surface area contributed by atoms with Crippen molar-refractivity contribution in [1.29, 1.82) is 0 Å². The van der Waals surface area contributed by atoms with E-state index in [1.165, 1.54) is 22.8 Å². The summed E-state index contributed by atoms with van der Waals surface area (Å²) < 4.78 is 32.2. The van der Waals surface area contributed by atoms with Crippen LogP contribution in [-0.2, 0) is 30.9 Å². The first kappa shape index (κ1) is 19.7. The molecule has 1 aliphatic rings. The van der Waals surface area contributed by atoms with Crippen molar-refractivity contribution in [2.45, 2.75) is 19.4 Å². The molecule has 0 saturated carbocycles. The number of amides is 1. The molecule has 3 rings (SSSR count). The maximum absolute atomic E-state index is 12.7. The smallest absolute Gasteiger partial charge is 0.325 e. The predicted octanol–water partition coefficient (Wildman–Crippen LogP) is 0.975. The summed E-state index contributed by atoms with van der Waals surface area (Å²) in [6, 6.07) is 7.46. The predicted molar refractivity (Wildman–Crippen MR) is 102 cm³/mol. The first-order chi connectivity index (χ1) is 12.8. The standard InChI is InChI=1S/C17H21N3O5S2/c1-25-15(21)11-20-13-7-3-4-8-14(13)26-17(20)18-16(22)12-6-5-9-19(10-12)27(2,23)24/h3-4,7-8,12H,5-6,9-11H2,1-2H3. The molecule has 1 fully saturated rings. The number of rotatable bonds is 4. The van der Waals surface area contributed by atoms with Gasteiger partial charge in [-0.1, -0.05) is 23.5 Å². The second-order valence-corrected chi connectivity index (χ2v) is 9.42. The SMILES string of the molecule is COC(=O)Cn1c(=NC(=O)C2CCCN(S(C)(=O)=O)C2)sc2ccccc21. The fourth-order valence-electron chi connectivity index (χ4n) is 3.08. The molecule has 0 radical (unpaired) electrons. The van der Waals surface area contributed by atoms with E-state index in [9.17, 15) is 18.0 Å². The normalized spacial score (nSPS) is 19.3. The number of ether oxygens (including phenoxy) is 1. The summed E-state index contributed by atoms with van der Waals surface area (Å²) in [6.07, 6.45) is 2.36. The highest BCUT2D eigenvalue weighted by molar-refractivity contribution is 7.88. The van der Waals surface area contributed by atoms with Gasteiger partial charge >= 0.3 is 5.97 Å². The number of hydrogen-bond acceptors (Lipinski definition) is 6. The van der Waals surface area contributed by atoms with Gasteiger partial charge in [0.2, 0.25) is 10.0 Å². The van der Waals surface area contributed by atoms with Crippen molar-refractivity contribution >= 4 is 43.5 Å². The first-order valence-electron chi connectivity index (χ1n) is 8.48. The molecule has 2 aromatic rings. The summed E-state index contributed by atoms with van der Waals surface area (Å²) in [6.45, 7) is 0.518. The Kier molecular flexibility index (Phi) is 5.78. The largest absolute Gasteiger partial charge is 0.468 e. The lowest BCUT2D eigenvalue weighted by atomic mass is 9.99. The topological polar surface area (TPSA) is 98.0 Å². The molecule has 2 heterocycles. The van der Waals surface area contributed by atoms with Gasteiger partial charge in [0.1, 0.15) is 6.54 Å². The van der Waals surface area contributed by atoms with Gasteiger partial charge in [0, 0.05) is 13.1 Å². The Labute approximate surface area is 161 Å². The highest BCUT2D eigenvalue weighted by Crippen LogP contribution is 2.21. The lowest BCUT2D eigenvalue weighted by Gasteiger charge is -2.28. The number of methoxy groups -OCH3 is 1. The molecule has 27 heavy (non-hydrogen) atoms. The average molecular weight is 412 g/mol. The third-order valence-electron chi connectivity index (χ3n) is 4.51. The Morgan fingerprint density at radius 1 is 1.33 bits per heavy atom. The highest BCUT2D eigenvalue weighted by atomic mass is 32.2. The van der Waals surface area contributed by atoms with Gasteiger partial charge in [-0.05, 0) is 25.0 Å². The molecule has 1 unspecified atom stereocenters. The number of para-hydroxylation sites is 1. The number of esters is 1. The fourth-order valence-corrected chi connectivity index (χ4v) is 5.03. The van der Waals surface area contributed by atoms with Crippen LogP contribution in [0.1, 0.15) is 12.8 Å². The zero-order valence-corrected chi connectivity index (χ0v) is 16.8. The van der Waals surface area contributed by atoms with E-state index in [1.807, 2.05) is 24.3 Å². The summed E-state index contributed by atoms with van der Waals surface area (Å²) in [5.74, 6) is -1.29. The number of aromatic nitrogens is 1. The molecule has 0 spiro atoms. The van der Waals surface area contributed by atoms with E-state index >= 15 is 0 Å². The molecule has 1 aliphatic heterocycles. The Balaban J connectivity index is 1.96. The minimum atomic E-state index is -3.34. The van der Waals surface area contributed by atoms with Crippen molar-refractivity contribution < 1.29 is 22.7 Å². The number of sulfonamides is 1. The summed E-state index contributed by atoms with van der Waals surface area (Å²) in [4.78, 5) is 29.1. The van der Waals surface area contributed by atoms with Crippen LogP contribution in [-0.4, -0.2) is 55.6 Å². The molecular formula is C17H21N3O5S2. The second kappa shape index (κ2) is 7.91. The number of hydrogen-bond donors (Lipinski definition) is 0. The maximum atomic E-state index is 12.7. The Morgan fingerprint density at radius 3 is 2.78 bits per heavy atom. The molecule has 0 aliphatic carbocycles. The Morgan fingerprint density at radius 2 is 2.07 bits per heavy atom. The van der Waals surface area contributed by atoms with Crippen LogP contribution < -0.4 is 4.80 Å². The van der Waals surface area contributed by atoms with Crippen molar-refractivity contribution in [2.75, 3.05) is 26.5 Å². The van der Waals surface area contributed by atoms with Gasteiger partial charge < -0.3 is 9.30 Å². The number of carbonyl (C=O) groups is 2. The van der Waals surface area contributed by atoms with Crippen LogP contribution in [0.25, 0.3) is 10.2 Å². The lowest BCUT2D eigenvalue weighted by molar-refractivity contribution is -0.141. The van der Waals surface area contributed by atoms with Gasteiger partial charge in [-0.25, -0.2) is 12.7 Å². The third kappa shape index (κ3) is 4.45. The van der Waals surface area contributed by atoms with Crippen LogP contribution in [0.4, 0.5) is 0 Å². The number of benzene rings is 1. The van der Waals surface area contributed by atoms with Gasteiger partial charge in [-0.2, -0.15) is 4.99 Å². The molecule has 0 N–H and O–H groups in total. The van der Waals surface area contributed by atoms with Crippen LogP contribution in [0.3, 0.4) is 0 Å². The van der Waals surface area contributed by atoms with Gasteiger partial charge in [-0.3, -0.25) is 9.59 Å². The Bertz CT molecular complexity index is 1040. The minimum absolute atomic E-state index is 0.0489. The van der Waals surface area contributed by atoms with Gasteiger partial charge in [0.25, 0.3) is 5.91 Å². The molecule has 10 heteroatoms. The summed E-state index contributed by atoms with van der Waals surface area (Å²) in [7, 11) is -2.03. The van der Waals surface area contributed by atoms with Crippen molar-refractivity contribution in [1.82, 2.24) is 8.87 Å². The number of thiazole rings is 1. The summed E-state index contributed by atoms with van der Waals surface area (Å²) in [5.41, 5.74) is 0.792. The summed E-state index contributed by atoms with van der Waals surface area (Å²) in [5, 5.41) is 0. The second-order valence-electron chi connectivity index (χ2n) is 6.42. The van der Waals surface area contributed by atoms with E-state index in [4.69, 9.17) is 4.74 Å². The summed E-state index contributed by atoms with van der Waals surface area (Å²) >= 11 is 1.31. The van der Waals surface area contributed by atoms with Crippen molar-refractivity contribution in [3.63, 3.8) is 0 Å². The highest BCUT2D eigenvalue weighted by Gasteiger charge is 2.30. The number of nitrogens with zero attached hydrogens (tertiary/aromatic N) is 3. The Hall–Kier alpha value is -2.04. The molecule has 146 valence electrons. The van der Waals surface area contributed by atoms with E-state index in [0.29, 0.717) is 24.2 Å². The number of carbonyl (C=O) groups excluding carboxylic acids is 2. The molecule has 1 atom stereocenters. The van der Waals surface area contributed by atoms with Gasteiger partial charge in [-0.15, -0.1) is 0 Å². The quantitative estimate of drug-likeness (QED) is 0.699. The average Bonchev–Trinajstić information content (AvgIpc) is 2.98. The minimum Gasteiger partial charge on any atom is -0.468 e. The van der Waals surface area contributed by atoms with Crippen LogP contribution >= 0.6 is 11.3 Å². The first-order valence-corrected chi connectivity index (χ1v) is 11.1. The van der Waals surface area contributed by atoms with E-state index in [2.05, 4.69) is 4.99 Å². The van der Waals surface area contributed by atoms with Crippen molar-refractivity contribution in [3.8, 4) is 0 Å². The monoisotopic (exact) mass is 411 g/mol. The van der Waals surface area contributed by atoms with E-state index in [1.54, 1.807) is 4.57 Å². The molecule has 1 aromatic carbocycles. The zero-order chi connectivity index (χ0) is 19.6. The van der Waals surface area contributed by atoms with Crippen molar-refractivity contribution in [2.24, 2.45) is 10.9 Å². The van der Waals surface area contributed by atoms with E-state index < -0.39 is 21.9 Å². The maximum Gasteiger partial charge on any atom is 0.325 e. The van der Waals surface area contributed by atoms with Crippen molar-refractivity contribution in [3.05, 3.63) is 29.1 Å². The van der Waals surface area contributed by atoms with E-state index in [-0.39, 0.29) is 19.0 Å². The zero-order valence-electron chi connectivity index (χ0n) is 15.1. The molecule has 8 nitrogen and oxygen atoms in total. The van der Waals surface area contributed by atoms with Crippen LogP contribution in [0.5, 0.6) is 0 Å².